The van der Waals surface area contributed by atoms with Gasteiger partial charge in [-0.25, -0.2) is 0 Å². The van der Waals surface area contributed by atoms with Crippen LogP contribution in [0.4, 0.5) is 13.2 Å². The topological polar surface area (TPSA) is 9.23 Å². The number of alkyl halides is 3. The molecule has 0 spiro atoms. The molecule has 100 valence electrons. The van der Waals surface area contributed by atoms with Gasteiger partial charge < -0.3 is 4.74 Å². The first-order chi connectivity index (χ1) is 8.85. The Morgan fingerprint density at radius 1 is 0.947 bits per heavy atom. The van der Waals surface area contributed by atoms with Crippen LogP contribution in [-0.2, 0) is 0 Å². The summed E-state index contributed by atoms with van der Waals surface area (Å²) in [5, 5.41) is -0.0737. The summed E-state index contributed by atoms with van der Waals surface area (Å²) in [4.78, 5) is 0. The van der Waals surface area contributed by atoms with Gasteiger partial charge in [-0.3, -0.25) is 0 Å². The van der Waals surface area contributed by atoms with Crippen molar-refractivity contribution in [3.8, 4) is 16.9 Å². The second-order valence-electron chi connectivity index (χ2n) is 4.06. The van der Waals surface area contributed by atoms with Crippen LogP contribution < -0.4 is 4.74 Å². The van der Waals surface area contributed by atoms with Gasteiger partial charge in [0.25, 0.3) is 0 Å². The summed E-state index contributed by atoms with van der Waals surface area (Å²) in [6, 6.07) is 11.8. The zero-order valence-electron chi connectivity index (χ0n) is 9.96. The van der Waals surface area contributed by atoms with E-state index in [1.807, 2.05) is 31.2 Å². The second kappa shape index (κ2) is 5.13. The minimum Gasteiger partial charge on any atom is -0.404 e. The van der Waals surface area contributed by atoms with E-state index in [-0.39, 0.29) is 5.02 Å². The zero-order chi connectivity index (χ0) is 14.0. The van der Waals surface area contributed by atoms with Crippen LogP contribution in [0.15, 0.2) is 42.5 Å². The average Bonchev–Trinajstić information content (AvgIpc) is 2.31. The quantitative estimate of drug-likeness (QED) is 0.736. The highest BCUT2D eigenvalue weighted by Gasteiger charge is 2.32. The van der Waals surface area contributed by atoms with Crippen molar-refractivity contribution in [1.82, 2.24) is 0 Å². The van der Waals surface area contributed by atoms with Crippen molar-refractivity contribution < 1.29 is 17.9 Å². The van der Waals surface area contributed by atoms with Crippen LogP contribution in [0.25, 0.3) is 11.1 Å². The van der Waals surface area contributed by atoms with Crippen molar-refractivity contribution in [2.45, 2.75) is 13.3 Å². The van der Waals surface area contributed by atoms with E-state index in [4.69, 9.17) is 11.6 Å². The first kappa shape index (κ1) is 13.7. The van der Waals surface area contributed by atoms with E-state index in [0.717, 1.165) is 16.7 Å². The second-order valence-corrected chi connectivity index (χ2v) is 4.47. The van der Waals surface area contributed by atoms with Crippen LogP contribution >= 0.6 is 11.6 Å². The molecular formula is C14H10ClF3O. The maximum absolute atomic E-state index is 12.1. The van der Waals surface area contributed by atoms with Crippen LogP contribution in [0.3, 0.4) is 0 Å². The lowest BCUT2D eigenvalue weighted by molar-refractivity contribution is -0.274. The Labute approximate surface area is 113 Å². The molecule has 2 aromatic carbocycles. The summed E-state index contributed by atoms with van der Waals surface area (Å²) in [6.45, 7) is 1.96. The molecule has 0 saturated heterocycles. The molecule has 0 aliphatic heterocycles. The third-order valence-electron chi connectivity index (χ3n) is 2.54. The molecule has 0 fully saturated rings. The average molecular weight is 287 g/mol. The van der Waals surface area contributed by atoms with E-state index >= 15 is 0 Å². The largest absolute Gasteiger partial charge is 0.573 e. The van der Waals surface area contributed by atoms with Gasteiger partial charge in [-0.1, -0.05) is 47.5 Å². The Morgan fingerprint density at radius 3 is 2.05 bits per heavy atom. The van der Waals surface area contributed by atoms with Crippen LogP contribution in [0.5, 0.6) is 5.75 Å². The lowest BCUT2D eigenvalue weighted by Crippen LogP contribution is -2.17. The predicted octanol–water partition coefficient (Wildman–Crippen LogP) is 5.21. The summed E-state index contributed by atoms with van der Waals surface area (Å²) >= 11 is 5.79. The van der Waals surface area contributed by atoms with Crippen LogP contribution in [0, 0.1) is 6.92 Å². The Balaban J connectivity index is 2.31. The summed E-state index contributed by atoms with van der Waals surface area (Å²) in [7, 11) is 0. The number of rotatable bonds is 2. The predicted molar refractivity (Wildman–Crippen MR) is 68.3 cm³/mol. The fourth-order valence-electron chi connectivity index (χ4n) is 1.63. The fraction of sp³-hybridized carbons (Fsp3) is 0.143. The smallest absolute Gasteiger partial charge is 0.404 e. The minimum atomic E-state index is -4.74. The summed E-state index contributed by atoms with van der Waals surface area (Å²) in [5.41, 5.74) is 2.72. The number of halogens is 4. The van der Waals surface area contributed by atoms with Crippen molar-refractivity contribution in [3.05, 3.63) is 53.1 Å². The molecule has 0 aliphatic rings. The monoisotopic (exact) mass is 286 g/mol. The SMILES string of the molecule is Cc1ccc(-c2ccc(OC(F)(F)F)c(Cl)c2)cc1. The van der Waals surface area contributed by atoms with Gasteiger partial charge in [0.2, 0.25) is 0 Å². The lowest BCUT2D eigenvalue weighted by Gasteiger charge is -2.11. The molecule has 2 aromatic rings. The molecule has 0 aliphatic carbocycles. The molecule has 0 heterocycles. The summed E-state index contributed by atoms with van der Waals surface area (Å²) in [5.74, 6) is -0.398. The molecule has 0 N–H and O–H groups in total. The Morgan fingerprint density at radius 2 is 1.53 bits per heavy atom. The summed E-state index contributed by atoms with van der Waals surface area (Å²) < 4.78 is 40.1. The number of ether oxygens (including phenoxy) is 1. The van der Waals surface area contributed by atoms with Crippen molar-refractivity contribution in [2.75, 3.05) is 0 Å². The molecule has 5 heteroatoms. The molecule has 1 nitrogen and oxygen atoms in total. The van der Waals surface area contributed by atoms with Gasteiger partial charge in [0, 0.05) is 0 Å². The van der Waals surface area contributed by atoms with Gasteiger partial charge >= 0.3 is 6.36 Å². The zero-order valence-corrected chi connectivity index (χ0v) is 10.7. The van der Waals surface area contributed by atoms with Gasteiger partial charge in [0.1, 0.15) is 5.75 Å². The first-order valence-electron chi connectivity index (χ1n) is 5.47. The van der Waals surface area contributed by atoms with Crippen molar-refractivity contribution >= 4 is 11.6 Å². The van der Waals surface area contributed by atoms with Crippen molar-refractivity contribution in [3.63, 3.8) is 0 Å². The van der Waals surface area contributed by atoms with E-state index in [1.165, 1.54) is 18.2 Å². The summed E-state index contributed by atoms with van der Waals surface area (Å²) in [6.07, 6.45) is -4.74. The van der Waals surface area contributed by atoms with Gasteiger partial charge in [0.15, 0.2) is 0 Å². The maximum atomic E-state index is 12.1. The molecule has 0 amide bonds. The molecule has 0 bridgehead atoms. The van der Waals surface area contributed by atoms with Crippen LogP contribution in [-0.4, -0.2) is 6.36 Å². The molecule has 0 aromatic heterocycles. The molecule has 0 saturated carbocycles. The highest BCUT2D eigenvalue weighted by Crippen LogP contribution is 2.33. The molecule has 0 unspecified atom stereocenters. The van der Waals surface area contributed by atoms with E-state index in [0.29, 0.717) is 0 Å². The highest BCUT2D eigenvalue weighted by atomic mass is 35.5. The molecule has 19 heavy (non-hydrogen) atoms. The molecular weight excluding hydrogens is 277 g/mol. The van der Waals surface area contributed by atoms with E-state index in [9.17, 15) is 13.2 Å². The lowest BCUT2D eigenvalue weighted by atomic mass is 10.0. The van der Waals surface area contributed by atoms with Crippen molar-refractivity contribution in [2.24, 2.45) is 0 Å². The van der Waals surface area contributed by atoms with Crippen LogP contribution in [0.2, 0.25) is 5.02 Å². The van der Waals surface area contributed by atoms with E-state index < -0.39 is 12.1 Å². The van der Waals surface area contributed by atoms with Crippen LogP contribution in [0.1, 0.15) is 5.56 Å². The van der Waals surface area contributed by atoms with Gasteiger partial charge in [-0.05, 0) is 30.2 Å². The number of aryl methyl sites for hydroxylation is 1. The number of hydrogen-bond acceptors (Lipinski definition) is 1. The Hall–Kier alpha value is -1.68. The third-order valence-corrected chi connectivity index (χ3v) is 2.84. The molecule has 0 atom stereocenters. The fourth-order valence-corrected chi connectivity index (χ4v) is 1.85. The first-order valence-corrected chi connectivity index (χ1v) is 5.85. The van der Waals surface area contributed by atoms with E-state index in [2.05, 4.69) is 4.74 Å². The normalized spacial score (nSPS) is 11.4. The molecule has 2 rings (SSSR count). The Kier molecular flexibility index (Phi) is 3.71. The maximum Gasteiger partial charge on any atom is 0.573 e. The Bertz CT molecular complexity index is 576. The van der Waals surface area contributed by atoms with E-state index in [1.54, 1.807) is 0 Å². The highest BCUT2D eigenvalue weighted by molar-refractivity contribution is 6.32. The van der Waals surface area contributed by atoms with Gasteiger partial charge in [0.05, 0.1) is 5.02 Å². The van der Waals surface area contributed by atoms with Crippen molar-refractivity contribution in [1.29, 1.82) is 0 Å². The minimum absolute atomic E-state index is 0.0737. The number of benzene rings is 2. The van der Waals surface area contributed by atoms with Gasteiger partial charge in [-0.15, -0.1) is 13.2 Å². The standard InChI is InChI=1S/C14H10ClF3O/c1-9-2-4-10(5-3-9)11-6-7-13(12(15)8-11)19-14(16,17)18/h2-8H,1H3. The molecule has 0 radical (unpaired) electrons. The third kappa shape index (κ3) is 3.64. The number of hydrogen-bond donors (Lipinski definition) is 0. The van der Waals surface area contributed by atoms with Gasteiger partial charge in [-0.2, -0.15) is 0 Å².